The highest BCUT2D eigenvalue weighted by Gasteiger charge is 2.21. The number of nitriles is 1. The van der Waals surface area contributed by atoms with Gasteiger partial charge in [0.15, 0.2) is 0 Å². The number of nitrogens with zero attached hydrogens (tertiary/aromatic N) is 2. The maximum Gasteiger partial charge on any atom is 0.224 e. The number of hydrogen-bond donors (Lipinski definition) is 0. The molecule has 4 nitrogen and oxygen atoms in total. The van der Waals surface area contributed by atoms with E-state index in [1.165, 1.54) is 0 Å². The second-order valence-electron chi connectivity index (χ2n) is 4.79. The highest BCUT2D eigenvalue weighted by atomic mass is 16.5. The average Bonchev–Trinajstić information content (AvgIpc) is 2.45. The molecule has 0 saturated carbocycles. The van der Waals surface area contributed by atoms with Gasteiger partial charge in [-0.05, 0) is 12.5 Å². The molecule has 0 radical (unpaired) electrons. The van der Waals surface area contributed by atoms with E-state index in [0.717, 1.165) is 11.1 Å². The minimum atomic E-state index is -0.366. The van der Waals surface area contributed by atoms with Crippen molar-refractivity contribution in [3.8, 4) is 6.07 Å². The van der Waals surface area contributed by atoms with Crippen molar-refractivity contribution in [2.45, 2.75) is 19.3 Å². The van der Waals surface area contributed by atoms with Gasteiger partial charge in [0, 0.05) is 19.5 Å². The Balaban J connectivity index is 2.03. The van der Waals surface area contributed by atoms with Crippen LogP contribution in [0.4, 0.5) is 0 Å². The van der Waals surface area contributed by atoms with Crippen molar-refractivity contribution in [1.29, 1.82) is 5.26 Å². The normalized spacial score (nSPS) is 16.7. The Bertz CT molecular complexity index is 487. The number of aryl methyl sites for hydroxylation is 1. The lowest BCUT2D eigenvalue weighted by atomic mass is 9.95. The molecule has 1 aliphatic rings. The van der Waals surface area contributed by atoms with E-state index < -0.39 is 0 Å². The van der Waals surface area contributed by atoms with Crippen molar-refractivity contribution < 1.29 is 9.53 Å². The van der Waals surface area contributed by atoms with Crippen LogP contribution in [0.1, 0.15) is 23.5 Å². The van der Waals surface area contributed by atoms with Gasteiger partial charge in [0.2, 0.25) is 5.91 Å². The number of carbonyl (C=O) groups excluding carboxylic acids is 1. The van der Waals surface area contributed by atoms with Crippen molar-refractivity contribution in [2.24, 2.45) is 0 Å². The fourth-order valence-corrected chi connectivity index (χ4v) is 2.24. The Morgan fingerprint density at radius 1 is 1.47 bits per heavy atom. The lowest BCUT2D eigenvalue weighted by molar-refractivity contribution is -0.135. The highest BCUT2D eigenvalue weighted by molar-refractivity contribution is 5.77. The standard InChI is InChI=1S/C15H18N2O2/c1-12-3-2-4-13(9-12)14(11-16)10-15(18)17-5-7-19-8-6-17/h2-4,9,14H,5-8,10H2,1H3. The Hall–Kier alpha value is -1.86. The Morgan fingerprint density at radius 3 is 2.84 bits per heavy atom. The Labute approximate surface area is 113 Å². The molecule has 19 heavy (non-hydrogen) atoms. The molecule has 0 N–H and O–H groups in total. The van der Waals surface area contributed by atoms with Crippen LogP contribution >= 0.6 is 0 Å². The van der Waals surface area contributed by atoms with E-state index in [9.17, 15) is 10.1 Å². The van der Waals surface area contributed by atoms with Crippen LogP contribution < -0.4 is 0 Å². The van der Waals surface area contributed by atoms with Crippen LogP contribution in [-0.4, -0.2) is 37.1 Å². The lowest BCUT2D eigenvalue weighted by Crippen LogP contribution is -2.41. The van der Waals surface area contributed by atoms with Crippen LogP contribution in [0.15, 0.2) is 24.3 Å². The topological polar surface area (TPSA) is 53.3 Å². The maximum atomic E-state index is 12.1. The number of amides is 1. The van der Waals surface area contributed by atoms with Gasteiger partial charge in [-0.15, -0.1) is 0 Å². The van der Waals surface area contributed by atoms with E-state index in [4.69, 9.17) is 4.74 Å². The smallest absolute Gasteiger partial charge is 0.224 e. The first-order valence-corrected chi connectivity index (χ1v) is 6.52. The van der Waals surface area contributed by atoms with Crippen LogP contribution in [0.3, 0.4) is 0 Å². The molecule has 1 heterocycles. The molecule has 2 rings (SSSR count). The van der Waals surface area contributed by atoms with Gasteiger partial charge < -0.3 is 9.64 Å². The molecular weight excluding hydrogens is 240 g/mol. The van der Waals surface area contributed by atoms with Gasteiger partial charge in [-0.3, -0.25) is 4.79 Å². The SMILES string of the molecule is Cc1cccc(C(C#N)CC(=O)N2CCOCC2)c1. The zero-order chi connectivity index (χ0) is 13.7. The highest BCUT2D eigenvalue weighted by Crippen LogP contribution is 2.21. The van der Waals surface area contributed by atoms with Crippen molar-refractivity contribution in [1.82, 2.24) is 4.90 Å². The predicted octanol–water partition coefficient (Wildman–Crippen LogP) is 1.85. The summed E-state index contributed by atoms with van der Waals surface area (Å²) in [6.07, 6.45) is 0.250. The molecule has 0 aliphatic carbocycles. The molecule has 100 valence electrons. The summed E-state index contributed by atoms with van der Waals surface area (Å²) in [6, 6.07) is 10.0. The van der Waals surface area contributed by atoms with Crippen LogP contribution in [0.2, 0.25) is 0 Å². The summed E-state index contributed by atoms with van der Waals surface area (Å²) < 4.78 is 5.22. The van der Waals surface area contributed by atoms with Gasteiger partial charge >= 0.3 is 0 Å². The molecule has 1 amide bonds. The Morgan fingerprint density at radius 2 is 2.21 bits per heavy atom. The van der Waals surface area contributed by atoms with Gasteiger partial charge in [0.05, 0.1) is 25.2 Å². The third-order valence-corrected chi connectivity index (χ3v) is 3.34. The van der Waals surface area contributed by atoms with Gasteiger partial charge in [0.25, 0.3) is 0 Å². The van der Waals surface area contributed by atoms with Crippen LogP contribution in [0.25, 0.3) is 0 Å². The quantitative estimate of drug-likeness (QED) is 0.831. The molecule has 4 heteroatoms. The summed E-state index contributed by atoms with van der Waals surface area (Å²) in [5, 5.41) is 9.27. The summed E-state index contributed by atoms with van der Waals surface area (Å²) in [6.45, 7) is 4.43. The number of benzene rings is 1. The van der Waals surface area contributed by atoms with E-state index in [1.54, 1.807) is 4.90 Å². The lowest BCUT2D eigenvalue weighted by Gasteiger charge is -2.27. The van der Waals surface area contributed by atoms with Crippen molar-refractivity contribution in [2.75, 3.05) is 26.3 Å². The van der Waals surface area contributed by atoms with E-state index in [0.29, 0.717) is 26.3 Å². The molecular formula is C15H18N2O2. The van der Waals surface area contributed by atoms with Gasteiger partial charge in [-0.1, -0.05) is 29.8 Å². The number of carbonyl (C=O) groups is 1. The molecule has 0 bridgehead atoms. The molecule has 1 fully saturated rings. The molecule has 1 unspecified atom stereocenters. The minimum absolute atomic E-state index is 0.0383. The predicted molar refractivity (Wildman–Crippen MR) is 71.5 cm³/mol. The molecule has 1 saturated heterocycles. The minimum Gasteiger partial charge on any atom is -0.378 e. The summed E-state index contributed by atoms with van der Waals surface area (Å²) in [7, 11) is 0. The summed E-state index contributed by atoms with van der Waals surface area (Å²) in [4.78, 5) is 13.9. The molecule has 1 aromatic carbocycles. The first-order chi connectivity index (χ1) is 9.20. The third kappa shape index (κ3) is 3.55. The number of ether oxygens (including phenoxy) is 1. The number of morpholine rings is 1. The monoisotopic (exact) mass is 258 g/mol. The van der Waals surface area contributed by atoms with Gasteiger partial charge in [-0.2, -0.15) is 5.26 Å². The van der Waals surface area contributed by atoms with Crippen LogP contribution in [-0.2, 0) is 9.53 Å². The van der Waals surface area contributed by atoms with Crippen molar-refractivity contribution >= 4 is 5.91 Å². The van der Waals surface area contributed by atoms with E-state index >= 15 is 0 Å². The molecule has 0 spiro atoms. The maximum absolute atomic E-state index is 12.1. The number of rotatable bonds is 3. The van der Waals surface area contributed by atoms with Gasteiger partial charge in [-0.25, -0.2) is 0 Å². The molecule has 1 aromatic rings. The second-order valence-corrected chi connectivity index (χ2v) is 4.79. The third-order valence-electron chi connectivity index (χ3n) is 3.34. The number of hydrogen-bond acceptors (Lipinski definition) is 3. The average molecular weight is 258 g/mol. The zero-order valence-corrected chi connectivity index (χ0v) is 11.1. The van der Waals surface area contributed by atoms with Crippen molar-refractivity contribution in [3.05, 3.63) is 35.4 Å². The largest absolute Gasteiger partial charge is 0.378 e. The summed E-state index contributed by atoms with van der Waals surface area (Å²) >= 11 is 0. The molecule has 0 aromatic heterocycles. The first-order valence-electron chi connectivity index (χ1n) is 6.52. The van der Waals surface area contributed by atoms with Gasteiger partial charge in [0.1, 0.15) is 0 Å². The summed E-state index contributed by atoms with van der Waals surface area (Å²) in [5.74, 6) is -0.327. The van der Waals surface area contributed by atoms with Crippen molar-refractivity contribution in [3.63, 3.8) is 0 Å². The fraction of sp³-hybridized carbons (Fsp3) is 0.467. The fourth-order valence-electron chi connectivity index (χ4n) is 2.24. The van der Waals surface area contributed by atoms with Crippen LogP contribution in [0, 0.1) is 18.3 Å². The summed E-state index contributed by atoms with van der Waals surface area (Å²) in [5.41, 5.74) is 2.03. The molecule has 1 aliphatic heterocycles. The molecule has 1 atom stereocenters. The Kier molecular flexibility index (Phi) is 4.53. The first kappa shape index (κ1) is 13.6. The van der Waals surface area contributed by atoms with E-state index in [2.05, 4.69) is 6.07 Å². The zero-order valence-electron chi connectivity index (χ0n) is 11.1. The van der Waals surface area contributed by atoms with E-state index in [1.807, 2.05) is 31.2 Å². The van der Waals surface area contributed by atoms with E-state index in [-0.39, 0.29) is 18.2 Å². The second kappa shape index (κ2) is 6.35. The van der Waals surface area contributed by atoms with Crippen LogP contribution in [0.5, 0.6) is 0 Å².